The number of halogens is 2. The van der Waals surface area contributed by atoms with Gasteiger partial charge in [0, 0.05) is 10.7 Å². The Hall–Kier alpha value is 0.730. The summed E-state index contributed by atoms with van der Waals surface area (Å²) in [6, 6.07) is 0. The second-order valence-electron chi connectivity index (χ2n) is 1.77. The van der Waals surface area contributed by atoms with Gasteiger partial charge in [-0.15, -0.1) is 11.6 Å². The Labute approximate surface area is 69.8 Å². The smallest absolute Gasteiger partial charge is 0.0602 e. The number of ether oxygens (including phenoxy) is 1. The van der Waals surface area contributed by atoms with Crippen molar-refractivity contribution in [3.63, 3.8) is 0 Å². The SMILES string of the molecule is CCC(Br)COCCCl. The first kappa shape index (κ1) is 9.73. The van der Waals surface area contributed by atoms with Crippen LogP contribution in [0, 0.1) is 0 Å². The summed E-state index contributed by atoms with van der Waals surface area (Å²) in [7, 11) is 0. The molecule has 0 saturated heterocycles. The third-order valence-corrected chi connectivity index (χ3v) is 2.03. The van der Waals surface area contributed by atoms with E-state index >= 15 is 0 Å². The lowest BCUT2D eigenvalue weighted by Crippen LogP contribution is -2.08. The molecule has 1 nitrogen and oxygen atoms in total. The minimum absolute atomic E-state index is 0.487. The van der Waals surface area contributed by atoms with E-state index in [9.17, 15) is 0 Å². The average Bonchev–Trinajstić information content (AvgIpc) is 1.89. The molecular weight excluding hydrogens is 203 g/mol. The predicted molar refractivity (Wildman–Crippen MR) is 44.5 cm³/mol. The molecule has 9 heavy (non-hydrogen) atoms. The largest absolute Gasteiger partial charge is 0.379 e. The van der Waals surface area contributed by atoms with Crippen molar-refractivity contribution in [3.8, 4) is 0 Å². The Morgan fingerprint density at radius 1 is 1.67 bits per heavy atom. The van der Waals surface area contributed by atoms with Crippen molar-refractivity contribution >= 4 is 27.5 Å². The van der Waals surface area contributed by atoms with E-state index in [1.54, 1.807) is 0 Å². The molecule has 0 bridgehead atoms. The van der Waals surface area contributed by atoms with Crippen LogP contribution >= 0.6 is 27.5 Å². The van der Waals surface area contributed by atoms with Crippen LogP contribution in [-0.2, 0) is 4.74 Å². The summed E-state index contributed by atoms with van der Waals surface area (Å²) < 4.78 is 5.16. The number of alkyl halides is 2. The highest BCUT2D eigenvalue weighted by atomic mass is 79.9. The van der Waals surface area contributed by atoms with E-state index in [-0.39, 0.29) is 0 Å². The maximum absolute atomic E-state index is 5.39. The van der Waals surface area contributed by atoms with Crippen LogP contribution in [0.2, 0.25) is 0 Å². The molecule has 0 amide bonds. The minimum atomic E-state index is 0.487. The fourth-order valence-corrected chi connectivity index (χ4v) is 0.680. The van der Waals surface area contributed by atoms with Crippen LogP contribution in [0.3, 0.4) is 0 Å². The molecule has 0 aliphatic carbocycles. The summed E-state index contributed by atoms with van der Waals surface area (Å²) in [6.45, 7) is 3.54. The van der Waals surface area contributed by atoms with Crippen LogP contribution in [0.4, 0.5) is 0 Å². The van der Waals surface area contributed by atoms with Gasteiger partial charge in [0.1, 0.15) is 0 Å². The van der Waals surface area contributed by atoms with Crippen LogP contribution < -0.4 is 0 Å². The second-order valence-corrected chi connectivity index (χ2v) is 3.44. The maximum Gasteiger partial charge on any atom is 0.0602 e. The van der Waals surface area contributed by atoms with Crippen LogP contribution in [0.1, 0.15) is 13.3 Å². The molecule has 1 atom stereocenters. The van der Waals surface area contributed by atoms with Gasteiger partial charge in [0.2, 0.25) is 0 Å². The molecule has 0 aromatic rings. The topological polar surface area (TPSA) is 9.23 Å². The zero-order valence-corrected chi connectivity index (χ0v) is 7.91. The molecule has 0 aliphatic heterocycles. The van der Waals surface area contributed by atoms with Gasteiger partial charge in [0.15, 0.2) is 0 Å². The molecule has 0 spiro atoms. The van der Waals surface area contributed by atoms with Crippen molar-refractivity contribution in [2.45, 2.75) is 18.2 Å². The van der Waals surface area contributed by atoms with Crippen molar-refractivity contribution in [1.82, 2.24) is 0 Å². The second kappa shape index (κ2) is 6.84. The van der Waals surface area contributed by atoms with E-state index in [1.807, 2.05) is 0 Å². The van der Waals surface area contributed by atoms with E-state index < -0.39 is 0 Å². The summed E-state index contributed by atoms with van der Waals surface area (Å²) in [6.07, 6.45) is 1.10. The number of hydrogen-bond donors (Lipinski definition) is 0. The van der Waals surface area contributed by atoms with Crippen molar-refractivity contribution in [1.29, 1.82) is 0 Å². The first-order valence-electron chi connectivity index (χ1n) is 3.09. The summed E-state index contributed by atoms with van der Waals surface area (Å²) >= 11 is 8.83. The lowest BCUT2D eigenvalue weighted by atomic mass is 10.4. The van der Waals surface area contributed by atoms with Gasteiger partial charge >= 0.3 is 0 Å². The molecule has 56 valence electrons. The van der Waals surface area contributed by atoms with Gasteiger partial charge in [0.05, 0.1) is 13.2 Å². The van der Waals surface area contributed by atoms with Gasteiger partial charge in [-0.3, -0.25) is 0 Å². The number of hydrogen-bond acceptors (Lipinski definition) is 1. The van der Waals surface area contributed by atoms with Gasteiger partial charge in [-0.2, -0.15) is 0 Å². The molecule has 1 unspecified atom stereocenters. The Morgan fingerprint density at radius 2 is 2.33 bits per heavy atom. The molecule has 0 fully saturated rings. The van der Waals surface area contributed by atoms with E-state index in [0.29, 0.717) is 17.3 Å². The van der Waals surface area contributed by atoms with E-state index in [0.717, 1.165) is 13.0 Å². The van der Waals surface area contributed by atoms with Gasteiger partial charge in [-0.05, 0) is 6.42 Å². The first-order valence-corrected chi connectivity index (χ1v) is 4.54. The quantitative estimate of drug-likeness (QED) is 0.506. The van der Waals surface area contributed by atoms with Gasteiger partial charge in [0.25, 0.3) is 0 Å². The van der Waals surface area contributed by atoms with Crippen LogP contribution in [0.15, 0.2) is 0 Å². The molecule has 0 radical (unpaired) electrons. The third kappa shape index (κ3) is 6.62. The minimum Gasteiger partial charge on any atom is -0.379 e. The van der Waals surface area contributed by atoms with Crippen LogP contribution in [0.25, 0.3) is 0 Å². The third-order valence-electron chi connectivity index (χ3n) is 0.963. The zero-order chi connectivity index (χ0) is 7.11. The van der Waals surface area contributed by atoms with E-state index in [4.69, 9.17) is 16.3 Å². The first-order chi connectivity index (χ1) is 4.31. The lowest BCUT2D eigenvalue weighted by molar-refractivity contribution is 0.151. The fraction of sp³-hybridized carbons (Fsp3) is 1.00. The van der Waals surface area contributed by atoms with Crippen LogP contribution in [0.5, 0.6) is 0 Å². The highest BCUT2D eigenvalue weighted by molar-refractivity contribution is 9.09. The highest BCUT2D eigenvalue weighted by Crippen LogP contribution is 2.03. The summed E-state index contributed by atoms with van der Waals surface area (Å²) in [5.41, 5.74) is 0. The summed E-state index contributed by atoms with van der Waals surface area (Å²) in [5.74, 6) is 0.587. The average molecular weight is 216 g/mol. The van der Waals surface area contributed by atoms with Gasteiger partial charge in [-0.1, -0.05) is 22.9 Å². The van der Waals surface area contributed by atoms with Crippen molar-refractivity contribution < 1.29 is 4.74 Å². The molecule has 0 saturated carbocycles. The van der Waals surface area contributed by atoms with Gasteiger partial charge in [-0.25, -0.2) is 0 Å². The van der Waals surface area contributed by atoms with E-state index in [2.05, 4.69) is 22.9 Å². The predicted octanol–water partition coefficient (Wildman–Crippen LogP) is 2.42. The molecule has 3 heteroatoms. The van der Waals surface area contributed by atoms with E-state index in [1.165, 1.54) is 0 Å². The molecule has 0 N–H and O–H groups in total. The summed E-state index contributed by atoms with van der Waals surface area (Å²) in [4.78, 5) is 0.487. The van der Waals surface area contributed by atoms with Crippen molar-refractivity contribution in [2.75, 3.05) is 19.1 Å². The molecule has 0 aromatic carbocycles. The maximum atomic E-state index is 5.39. The monoisotopic (exact) mass is 214 g/mol. The Bertz CT molecular complexity index is 61.0. The van der Waals surface area contributed by atoms with Crippen molar-refractivity contribution in [3.05, 3.63) is 0 Å². The fourth-order valence-electron chi connectivity index (χ4n) is 0.384. The van der Waals surface area contributed by atoms with Gasteiger partial charge < -0.3 is 4.74 Å². The summed E-state index contributed by atoms with van der Waals surface area (Å²) in [5, 5.41) is 0. The number of rotatable bonds is 5. The molecular formula is C6H12BrClO. The lowest BCUT2D eigenvalue weighted by Gasteiger charge is -2.05. The molecule has 0 rings (SSSR count). The Morgan fingerprint density at radius 3 is 2.78 bits per heavy atom. The molecule has 0 aromatic heterocycles. The molecule has 0 heterocycles. The Balaban J connectivity index is 2.88. The normalized spacial score (nSPS) is 13.7. The highest BCUT2D eigenvalue weighted by Gasteiger charge is 1.98. The molecule has 0 aliphatic rings. The zero-order valence-electron chi connectivity index (χ0n) is 5.57. The van der Waals surface area contributed by atoms with Crippen molar-refractivity contribution in [2.24, 2.45) is 0 Å². The van der Waals surface area contributed by atoms with Crippen LogP contribution in [-0.4, -0.2) is 23.9 Å². The standard InChI is InChI=1S/C6H12BrClO/c1-2-6(7)5-9-4-3-8/h6H,2-5H2,1H3. The Kier molecular flexibility index (Phi) is 7.40.